The molecule has 0 radical (unpaired) electrons. The van der Waals surface area contributed by atoms with Crippen LogP contribution in [-0.2, 0) is 0 Å². The Balaban J connectivity index is 2.81. The van der Waals surface area contributed by atoms with Crippen molar-refractivity contribution in [1.82, 2.24) is 5.43 Å². The maximum Gasteiger partial charge on any atom is 0.272 e. The van der Waals surface area contributed by atoms with Gasteiger partial charge in [0.2, 0.25) is 0 Å². The predicted octanol–water partition coefficient (Wildman–Crippen LogP) is 3.76. The Morgan fingerprint density at radius 3 is 2.53 bits per heavy atom. The van der Waals surface area contributed by atoms with Gasteiger partial charge in [-0.25, -0.2) is 5.43 Å². The minimum Gasteiger partial charge on any atom is -0.267 e. The number of nitrogens with zero attached hydrogens (tertiary/aromatic N) is 1. The van der Waals surface area contributed by atoms with Gasteiger partial charge in [-0.15, -0.1) is 0 Å². The first kappa shape index (κ1) is 14.0. The van der Waals surface area contributed by atoms with Gasteiger partial charge in [0, 0.05) is 10.7 Å². The average Bonchev–Trinajstić information content (AvgIpc) is 2.25. The molecular formula is C12H14Cl2N2O. The van der Waals surface area contributed by atoms with Gasteiger partial charge in [-0.05, 0) is 31.0 Å². The Labute approximate surface area is 111 Å². The fraction of sp³-hybridized carbons (Fsp3) is 0.333. The van der Waals surface area contributed by atoms with E-state index in [9.17, 15) is 4.79 Å². The molecule has 0 bridgehead atoms. The number of hydrazone groups is 1. The first-order chi connectivity index (χ1) is 7.91. The Kier molecular flexibility index (Phi) is 4.97. The molecule has 1 aromatic rings. The molecule has 1 rings (SSSR count). The summed E-state index contributed by atoms with van der Waals surface area (Å²) in [7, 11) is 0. The number of carbonyl (C=O) groups excluding carboxylic acids is 1. The standard InChI is InChI=1S/C12H14Cl2N2O/c1-7(2)8(3)15-16-12(17)10-5-4-9(13)6-11(10)14/h4-7H,1-3H3,(H,16,17)/b15-8+. The van der Waals surface area contributed by atoms with E-state index in [1.54, 1.807) is 12.1 Å². The van der Waals surface area contributed by atoms with E-state index < -0.39 is 0 Å². The summed E-state index contributed by atoms with van der Waals surface area (Å²) >= 11 is 11.7. The molecule has 0 aliphatic carbocycles. The molecular weight excluding hydrogens is 259 g/mol. The third kappa shape index (κ3) is 4.02. The summed E-state index contributed by atoms with van der Waals surface area (Å²) in [4.78, 5) is 11.8. The van der Waals surface area contributed by atoms with Crippen LogP contribution in [-0.4, -0.2) is 11.6 Å². The molecule has 0 fully saturated rings. The van der Waals surface area contributed by atoms with E-state index in [-0.39, 0.29) is 11.8 Å². The second kappa shape index (κ2) is 6.03. The van der Waals surface area contributed by atoms with Crippen molar-refractivity contribution < 1.29 is 4.79 Å². The monoisotopic (exact) mass is 272 g/mol. The van der Waals surface area contributed by atoms with E-state index in [2.05, 4.69) is 10.5 Å². The van der Waals surface area contributed by atoms with Gasteiger partial charge in [-0.2, -0.15) is 5.10 Å². The zero-order valence-electron chi connectivity index (χ0n) is 9.92. The molecule has 0 unspecified atom stereocenters. The van der Waals surface area contributed by atoms with Gasteiger partial charge >= 0.3 is 0 Å². The number of hydrogen-bond acceptors (Lipinski definition) is 2. The maximum absolute atomic E-state index is 11.8. The van der Waals surface area contributed by atoms with Crippen LogP contribution in [0.25, 0.3) is 0 Å². The summed E-state index contributed by atoms with van der Waals surface area (Å²) in [5.74, 6) is -0.0531. The average molecular weight is 273 g/mol. The Morgan fingerprint density at radius 1 is 1.35 bits per heavy atom. The van der Waals surface area contributed by atoms with Crippen molar-refractivity contribution in [3.05, 3.63) is 33.8 Å². The Bertz CT molecular complexity index is 456. The molecule has 0 saturated carbocycles. The number of amides is 1. The number of carbonyl (C=O) groups is 1. The molecule has 0 heterocycles. The third-order valence-corrected chi connectivity index (χ3v) is 2.89. The highest BCUT2D eigenvalue weighted by atomic mass is 35.5. The Morgan fingerprint density at radius 2 is 2.00 bits per heavy atom. The Hall–Kier alpha value is -1.06. The minimum absolute atomic E-state index is 0.288. The first-order valence-corrected chi connectivity index (χ1v) is 5.97. The molecule has 0 atom stereocenters. The zero-order chi connectivity index (χ0) is 13.0. The van der Waals surface area contributed by atoms with Crippen molar-refractivity contribution >= 4 is 34.8 Å². The zero-order valence-corrected chi connectivity index (χ0v) is 11.4. The van der Waals surface area contributed by atoms with Gasteiger partial charge in [0.1, 0.15) is 0 Å². The topological polar surface area (TPSA) is 41.5 Å². The van der Waals surface area contributed by atoms with Crippen molar-refractivity contribution in [2.24, 2.45) is 11.0 Å². The molecule has 0 spiro atoms. The molecule has 0 aliphatic heterocycles. The maximum atomic E-state index is 11.8. The lowest BCUT2D eigenvalue weighted by Gasteiger charge is -2.06. The van der Waals surface area contributed by atoms with Crippen molar-refractivity contribution in [2.45, 2.75) is 20.8 Å². The molecule has 0 aliphatic rings. The minimum atomic E-state index is -0.341. The first-order valence-electron chi connectivity index (χ1n) is 5.21. The van der Waals surface area contributed by atoms with Gasteiger partial charge in [0.15, 0.2) is 0 Å². The van der Waals surface area contributed by atoms with Crippen LogP contribution in [0.5, 0.6) is 0 Å². The highest BCUT2D eigenvalue weighted by Gasteiger charge is 2.10. The fourth-order valence-electron chi connectivity index (χ4n) is 1.00. The smallest absolute Gasteiger partial charge is 0.267 e. The normalized spacial score (nSPS) is 11.8. The molecule has 1 N–H and O–H groups in total. The van der Waals surface area contributed by atoms with E-state index in [0.29, 0.717) is 15.6 Å². The molecule has 92 valence electrons. The van der Waals surface area contributed by atoms with E-state index in [0.717, 1.165) is 5.71 Å². The molecule has 0 aromatic heterocycles. The number of halogens is 2. The van der Waals surface area contributed by atoms with Crippen molar-refractivity contribution in [3.63, 3.8) is 0 Å². The summed E-state index contributed by atoms with van der Waals surface area (Å²) in [6.07, 6.45) is 0. The van der Waals surface area contributed by atoms with Gasteiger partial charge in [0.25, 0.3) is 5.91 Å². The van der Waals surface area contributed by atoms with E-state index in [1.807, 2.05) is 20.8 Å². The van der Waals surface area contributed by atoms with Gasteiger partial charge < -0.3 is 0 Å². The second-order valence-corrected chi connectivity index (χ2v) is 4.82. The van der Waals surface area contributed by atoms with Crippen LogP contribution in [0.15, 0.2) is 23.3 Å². The molecule has 1 amide bonds. The van der Waals surface area contributed by atoms with Gasteiger partial charge in [-0.3, -0.25) is 4.79 Å². The number of nitrogens with one attached hydrogen (secondary N) is 1. The molecule has 0 saturated heterocycles. The molecule has 17 heavy (non-hydrogen) atoms. The summed E-state index contributed by atoms with van der Waals surface area (Å²) in [5, 5.41) is 4.80. The van der Waals surface area contributed by atoms with Crippen molar-refractivity contribution in [3.8, 4) is 0 Å². The summed E-state index contributed by atoms with van der Waals surface area (Å²) < 4.78 is 0. The van der Waals surface area contributed by atoms with E-state index >= 15 is 0 Å². The molecule has 3 nitrogen and oxygen atoms in total. The number of rotatable bonds is 3. The second-order valence-electron chi connectivity index (χ2n) is 3.97. The largest absolute Gasteiger partial charge is 0.272 e. The highest BCUT2D eigenvalue weighted by Crippen LogP contribution is 2.20. The van der Waals surface area contributed by atoms with Crippen LogP contribution < -0.4 is 5.43 Å². The van der Waals surface area contributed by atoms with Crippen LogP contribution in [0.2, 0.25) is 10.0 Å². The summed E-state index contributed by atoms with van der Waals surface area (Å²) in [5.41, 5.74) is 3.67. The predicted molar refractivity (Wildman–Crippen MR) is 71.9 cm³/mol. The molecule has 1 aromatic carbocycles. The lowest BCUT2D eigenvalue weighted by Crippen LogP contribution is -2.20. The van der Waals surface area contributed by atoms with Crippen LogP contribution in [0.1, 0.15) is 31.1 Å². The highest BCUT2D eigenvalue weighted by molar-refractivity contribution is 6.36. The number of benzene rings is 1. The lowest BCUT2D eigenvalue weighted by molar-refractivity contribution is 0.0955. The summed E-state index contributed by atoms with van der Waals surface area (Å²) in [6.45, 7) is 5.86. The van der Waals surface area contributed by atoms with E-state index in [4.69, 9.17) is 23.2 Å². The lowest BCUT2D eigenvalue weighted by atomic mass is 10.1. The van der Waals surface area contributed by atoms with Crippen LogP contribution in [0.3, 0.4) is 0 Å². The number of hydrogen-bond donors (Lipinski definition) is 1. The van der Waals surface area contributed by atoms with Gasteiger partial charge in [0.05, 0.1) is 10.6 Å². The third-order valence-electron chi connectivity index (χ3n) is 2.35. The van der Waals surface area contributed by atoms with Crippen LogP contribution >= 0.6 is 23.2 Å². The SMILES string of the molecule is C/C(=N\NC(=O)c1ccc(Cl)cc1Cl)C(C)C. The van der Waals surface area contributed by atoms with Crippen molar-refractivity contribution in [2.75, 3.05) is 0 Å². The quantitative estimate of drug-likeness (QED) is 0.661. The molecule has 5 heteroatoms. The van der Waals surface area contributed by atoms with Gasteiger partial charge in [-0.1, -0.05) is 37.0 Å². The van der Waals surface area contributed by atoms with Crippen LogP contribution in [0.4, 0.5) is 0 Å². The fourth-order valence-corrected chi connectivity index (χ4v) is 1.50. The van der Waals surface area contributed by atoms with Crippen molar-refractivity contribution in [1.29, 1.82) is 0 Å². The summed E-state index contributed by atoms with van der Waals surface area (Å²) in [6, 6.07) is 4.71. The van der Waals surface area contributed by atoms with E-state index in [1.165, 1.54) is 6.07 Å². The van der Waals surface area contributed by atoms with Crippen LogP contribution in [0, 0.1) is 5.92 Å².